The summed E-state index contributed by atoms with van der Waals surface area (Å²) in [4.78, 5) is 4.07. The van der Waals surface area contributed by atoms with Crippen LogP contribution in [0.3, 0.4) is 0 Å². The number of rotatable bonds is 3. The van der Waals surface area contributed by atoms with Gasteiger partial charge in [-0.05, 0) is 24.8 Å². The molecule has 0 aliphatic carbocycles. The maximum absolute atomic E-state index is 5.53. The summed E-state index contributed by atoms with van der Waals surface area (Å²) in [5.74, 6) is 1.43. The van der Waals surface area contributed by atoms with E-state index >= 15 is 0 Å². The largest absolute Gasteiger partial charge is 0.423 e. The zero-order valence-electron chi connectivity index (χ0n) is 10.5. The highest BCUT2D eigenvalue weighted by Gasteiger charge is 2.09. The van der Waals surface area contributed by atoms with Crippen molar-refractivity contribution in [2.45, 2.75) is 27.2 Å². The van der Waals surface area contributed by atoms with Crippen LogP contribution in [0.5, 0.6) is 0 Å². The van der Waals surface area contributed by atoms with Crippen molar-refractivity contribution < 1.29 is 4.42 Å². The van der Waals surface area contributed by atoms with Gasteiger partial charge in [-0.1, -0.05) is 38.1 Å². The Kier molecular flexibility index (Phi) is 3.18. The van der Waals surface area contributed by atoms with Crippen LogP contribution in [0.2, 0.25) is 0 Å². The number of hydrogen-bond donors (Lipinski definition) is 1. The second kappa shape index (κ2) is 4.62. The number of aromatic nitrogens is 1. The molecule has 17 heavy (non-hydrogen) atoms. The van der Waals surface area contributed by atoms with Crippen molar-refractivity contribution >= 4 is 6.01 Å². The van der Waals surface area contributed by atoms with Gasteiger partial charge in [0.15, 0.2) is 5.76 Å². The standard InChI is InChI=1S/C14H18N2O/c1-9(2)8-11-4-6-12(7-5-11)13-10(3)16-14(15)17-13/h4-7,9H,8H2,1-3H3,(H2,15,16). The quantitative estimate of drug-likeness (QED) is 0.878. The normalized spacial score (nSPS) is 11.1. The van der Waals surface area contributed by atoms with Crippen LogP contribution in [-0.2, 0) is 6.42 Å². The molecule has 1 aromatic heterocycles. The molecule has 3 nitrogen and oxygen atoms in total. The molecule has 0 aliphatic heterocycles. The van der Waals surface area contributed by atoms with E-state index in [9.17, 15) is 0 Å². The maximum atomic E-state index is 5.53. The Balaban J connectivity index is 2.26. The Morgan fingerprint density at radius 1 is 1.24 bits per heavy atom. The van der Waals surface area contributed by atoms with Gasteiger partial charge in [0.1, 0.15) is 0 Å². The van der Waals surface area contributed by atoms with Gasteiger partial charge in [-0.15, -0.1) is 0 Å². The zero-order valence-corrected chi connectivity index (χ0v) is 10.5. The number of nitrogens with zero attached hydrogens (tertiary/aromatic N) is 1. The minimum Gasteiger partial charge on any atom is -0.423 e. The lowest BCUT2D eigenvalue weighted by molar-refractivity contribution is 0.594. The van der Waals surface area contributed by atoms with Gasteiger partial charge in [0.2, 0.25) is 0 Å². The molecule has 0 radical (unpaired) electrons. The van der Waals surface area contributed by atoms with Crippen LogP contribution in [-0.4, -0.2) is 4.98 Å². The molecule has 0 unspecified atom stereocenters. The van der Waals surface area contributed by atoms with Crippen molar-refractivity contribution in [2.75, 3.05) is 5.73 Å². The molecule has 2 rings (SSSR count). The molecule has 0 bridgehead atoms. The van der Waals surface area contributed by atoms with E-state index in [1.807, 2.05) is 6.92 Å². The molecule has 0 spiro atoms. The number of benzene rings is 1. The topological polar surface area (TPSA) is 52.0 Å². The SMILES string of the molecule is Cc1nc(N)oc1-c1ccc(CC(C)C)cc1. The first-order valence-electron chi connectivity index (χ1n) is 5.88. The molecule has 0 saturated carbocycles. The maximum Gasteiger partial charge on any atom is 0.292 e. The zero-order chi connectivity index (χ0) is 12.4. The van der Waals surface area contributed by atoms with Crippen LogP contribution in [0.1, 0.15) is 25.1 Å². The molecule has 3 heteroatoms. The van der Waals surface area contributed by atoms with Crippen molar-refractivity contribution in [2.24, 2.45) is 5.92 Å². The minimum absolute atomic E-state index is 0.226. The number of nitrogens with two attached hydrogens (primary N) is 1. The van der Waals surface area contributed by atoms with Crippen LogP contribution in [0.4, 0.5) is 6.01 Å². The van der Waals surface area contributed by atoms with Crippen LogP contribution in [0.25, 0.3) is 11.3 Å². The molecule has 2 N–H and O–H groups in total. The first kappa shape index (κ1) is 11.7. The van der Waals surface area contributed by atoms with E-state index in [4.69, 9.17) is 10.2 Å². The van der Waals surface area contributed by atoms with Crippen LogP contribution >= 0.6 is 0 Å². The number of nitrogen functional groups attached to an aromatic ring is 1. The Labute approximate surface area is 102 Å². The van der Waals surface area contributed by atoms with Crippen molar-refractivity contribution in [3.8, 4) is 11.3 Å². The third-order valence-corrected chi connectivity index (χ3v) is 2.67. The fourth-order valence-corrected chi connectivity index (χ4v) is 1.95. The van der Waals surface area contributed by atoms with Gasteiger partial charge in [-0.3, -0.25) is 0 Å². The van der Waals surface area contributed by atoms with E-state index in [2.05, 4.69) is 43.1 Å². The smallest absolute Gasteiger partial charge is 0.292 e. The fourth-order valence-electron chi connectivity index (χ4n) is 1.95. The van der Waals surface area contributed by atoms with E-state index in [0.717, 1.165) is 23.4 Å². The minimum atomic E-state index is 0.226. The average molecular weight is 230 g/mol. The Morgan fingerprint density at radius 2 is 1.88 bits per heavy atom. The molecule has 1 heterocycles. The third-order valence-electron chi connectivity index (χ3n) is 2.67. The fraction of sp³-hybridized carbons (Fsp3) is 0.357. The van der Waals surface area contributed by atoms with Gasteiger partial charge in [0.05, 0.1) is 5.69 Å². The molecule has 1 aromatic carbocycles. The Bertz CT molecular complexity index is 497. The van der Waals surface area contributed by atoms with E-state index in [1.165, 1.54) is 5.56 Å². The highest BCUT2D eigenvalue weighted by atomic mass is 16.4. The first-order chi connectivity index (χ1) is 8.06. The summed E-state index contributed by atoms with van der Waals surface area (Å²) in [6.45, 7) is 6.33. The molecule has 0 saturated heterocycles. The summed E-state index contributed by atoms with van der Waals surface area (Å²) in [6.07, 6.45) is 1.10. The molecule has 0 aliphatic rings. The van der Waals surface area contributed by atoms with Crippen molar-refractivity contribution in [3.63, 3.8) is 0 Å². The number of hydrogen-bond acceptors (Lipinski definition) is 3. The summed E-state index contributed by atoms with van der Waals surface area (Å²) < 4.78 is 5.39. The van der Waals surface area contributed by atoms with Crippen molar-refractivity contribution in [1.29, 1.82) is 0 Å². The molecular weight excluding hydrogens is 212 g/mol. The average Bonchev–Trinajstić information content (AvgIpc) is 2.58. The van der Waals surface area contributed by atoms with E-state index in [0.29, 0.717) is 5.92 Å². The first-order valence-corrected chi connectivity index (χ1v) is 5.88. The predicted octanol–water partition coefficient (Wildman–Crippen LogP) is 3.43. The summed E-state index contributed by atoms with van der Waals surface area (Å²) in [5.41, 5.74) is 8.74. The van der Waals surface area contributed by atoms with E-state index in [1.54, 1.807) is 0 Å². The Hall–Kier alpha value is -1.77. The molecule has 0 amide bonds. The highest BCUT2D eigenvalue weighted by molar-refractivity contribution is 5.61. The van der Waals surface area contributed by atoms with Crippen LogP contribution < -0.4 is 5.73 Å². The Morgan fingerprint density at radius 3 is 2.35 bits per heavy atom. The second-order valence-corrected chi connectivity index (χ2v) is 4.76. The number of anilines is 1. The highest BCUT2D eigenvalue weighted by Crippen LogP contribution is 2.25. The van der Waals surface area contributed by atoms with Gasteiger partial charge in [-0.2, -0.15) is 4.98 Å². The summed E-state index contributed by atoms with van der Waals surface area (Å²) in [5, 5.41) is 0. The van der Waals surface area contributed by atoms with E-state index in [-0.39, 0.29) is 6.01 Å². The van der Waals surface area contributed by atoms with Gasteiger partial charge in [0, 0.05) is 5.56 Å². The summed E-state index contributed by atoms with van der Waals surface area (Å²) in [7, 11) is 0. The van der Waals surface area contributed by atoms with Crippen molar-refractivity contribution in [1.82, 2.24) is 4.98 Å². The lowest BCUT2D eigenvalue weighted by atomic mass is 10.0. The van der Waals surface area contributed by atoms with Gasteiger partial charge >= 0.3 is 0 Å². The third kappa shape index (κ3) is 2.67. The monoisotopic (exact) mass is 230 g/mol. The van der Waals surface area contributed by atoms with Crippen molar-refractivity contribution in [3.05, 3.63) is 35.5 Å². The van der Waals surface area contributed by atoms with Gasteiger partial charge in [0.25, 0.3) is 6.01 Å². The van der Waals surface area contributed by atoms with Gasteiger partial charge in [-0.25, -0.2) is 0 Å². The molecule has 0 atom stereocenters. The van der Waals surface area contributed by atoms with E-state index < -0.39 is 0 Å². The van der Waals surface area contributed by atoms with Gasteiger partial charge < -0.3 is 10.2 Å². The second-order valence-electron chi connectivity index (χ2n) is 4.76. The summed E-state index contributed by atoms with van der Waals surface area (Å²) in [6, 6.07) is 8.61. The number of oxazole rings is 1. The predicted molar refractivity (Wildman–Crippen MR) is 69.6 cm³/mol. The molecule has 90 valence electrons. The number of aryl methyl sites for hydroxylation is 1. The lowest BCUT2D eigenvalue weighted by Crippen LogP contribution is -1.93. The molecule has 2 aromatic rings. The lowest BCUT2D eigenvalue weighted by Gasteiger charge is -2.05. The van der Waals surface area contributed by atoms with Crippen LogP contribution in [0, 0.1) is 12.8 Å². The summed E-state index contributed by atoms with van der Waals surface area (Å²) >= 11 is 0. The molecular formula is C14H18N2O. The van der Waals surface area contributed by atoms with Crippen LogP contribution in [0.15, 0.2) is 28.7 Å². The molecule has 0 fully saturated rings.